The standard InChI is InChI=1S/C19H19N3OS/c1-10-6-8-11(9-7-10)16-13-5-3-2-4-12(13)14-15(20)17(18(21)23)24-19(14)22-16/h6-9H,2-5,20H2,1H3,(H2,21,23)/p+1. The lowest BCUT2D eigenvalue weighted by molar-refractivity contribution is -0.328. The lowest BCUT2D eigenvalue weighted by Crippen LogP contribution is -2.16. The highest BCUT2D eigenvalue weighted by molar-refractivity contribution is 7.20. The van der Waals surface area contributed by atoms with Gasteiger partial charge >= 0.3 is 0 Å². The second-order valence-corrected chi connectivity index (χ2v) is 7.46. The Labute approximate surface area is 144 Å². The topological polar surface area (TPSA) is 83.2 Å². The monoisotopic (exact) mass is 338 g/mol. The van der Waals surface area contributed by atoms with E-state index in [0.717, 1.165) is 35.2 Å². The number of carbonyl (C=O) groups excluding carboxylic acids is 1. The highest BCUT2D eigenvalue weighted by Crippen LogP contribution is 2.40. The van der Waals surface area contributed by atoms with Crippen LogP contribution in [-0.4, -0.2) is 5.91 Å². The van der Waals surface area contributed by atoms with Crippen LogP contribution in [0.1, 0.15) is 39.2 Å². The minimum absolute atomic E-state index is 0.454. The highest BCUT2D eigenvalue weighted by atomic mass is 32.1. The van der Waals surface area contributed by atoms with Gasteiger partial charge < -0.3 is 11.5 Å². The van der Waals surface area contributed by atoms with E-state index in [4.69, 9.17) is 11.5 Å². The molecule has 5 heteroatoms. The Morgan fingerprint density at radius 1 is 1.12 bits per heavy atom. The van der Waals surface area contributed by atoms with Crippen LogP contribution in [0.2, 0.25) is 0 Å². The fourth-order valence-electron chi connectivity index (χ4n) is 3.63. The zero-order chi connectivity index (χ0) is 16.8. The molecule has 0 saturated carbocycles. The summed E-state index contributed by atoms with van der Waals surface area (Å²) in [4.78, 5) is 16.6. The molecule has 2 aromatic heterocycles. The first kappa shape index (κ1) is 15.1. The van der Waals surface area contributed by atoms with Gasteiger partial charge in [-0.25, -0.2) is 0 Å². The molecule has 1 aliphatic rings. The van der Waals surface area contributed by atoms with Gasteiger partial charge in [-0.2, -0.15) is 4.98 Å². The smallest absolute Gasteiger partial charge is 0.270 e. The molecule has 0 bridgehead atoms. The number of benzene rings is 1. The number of anilines is 1. The first-order valence-corrected chi connectivity index (χ1v) is 9.03. The van der Waals surface area contributed by atoms with Crippen molar-refractivity contribution in [1.29, 1.82) is 0 Å². The predicted molar refractivity (Wildman–Crippen MR) is 98.1 cm³/mol. The molecule has 0 atom stereocenters. The third-order valence-corrected chi connectivity index (χ3v) is 5.95. The number of hydrogen-bond acceptors (Lipinski definition) is 3. The first-order valence-electron chi connectivity index (χ1n) is 8.22. The van der Waals surface area contributed by atoms with Gasteiger partial charge in [0.15, 0.2) is 0 Å². The number of thiophene rings is 1. The van der Waals surface area contributed by atoms with Crippen LogP contribution in [0, 0.1) is 6.92 Å². The Hall–Kier alpha value is -2.40. The highest BCUT2D eigenvalue weighted by Gasteiger charge is 2.28. The number of aromatic nitrogens is 1. The maximum absolute atomic E-state index is 11.7. The summed E-state index contributed by atoms with van der Waals surface area (Å²) in [7, 11) is 0. The van der Waals surface area contributed by atoms with Crippen LogP contribution < -0.4 is 16.5 Å². The van der Waals surface area contributed by atoms with Crippen LogP contribution in [-0.2, 0) is 12.8 Å². The number of aromatic amines is 1. The van der Waals surface area contributed by atoms with Crippen molar-refractivity contribution < 1.29 is 9.78 Å². The summed E-state index contributed by atoms with van der Waals surface area (Å²) in [6.07, 6.45) is 4.36. The van der Waals surface area contributed by atoms with Gasteiger partial charge in [0.25, 0.3) is 10.7 Å². The van der Waals surface area contributed by atoms with E-state index in [1.54, 1.807) is 0 Å². The molecule has 0 saturated heterocycles. The van der Waals surface area contributed by atoms with Crippen molar-refractivity contribution in [2.45, 2.75) is 32.6 Å². The van der Waals surface area contributed by atoms with E-state index in [2.05, 4.69) is 36.2 Å². The lowest BCUT2D eigenvalue weighted by Gasteiger charge is -2.17. The fraction of sp³-hybridized carbons (Fsp3) is 0.263. The minimum atomic E-state index is -0.455. The van der Waals surface area contributed by atoms with Crippen molar-refractivity contribution in [2.75, 3.05) is 5.73 Å². The number of fused-ring (bicyclic) bond motifs is 3. The second kappa shape index (κ2) is 5.60. The van der Waals surface area contributed by atoms with E-state index in [9.17, 15) is 4.79 Å². The third kappa shape index (κ3) is 2.27. The predicted octanol–water partition coefficient (Wildman–Crippen LogP) is 3.25. The van der Waals surface area contributed by atoms with Crippen LogP contribution in [0.3, 0.4) is 0 Å². The van der Waals surface area contributed by atoms with Gasteiger partial charge in [-0.15, -0.1) is 0 Å². The molecule has 1 amide bonds. The van der Waals surface area contributed by atoms with Crippen molar-refractivity contribution >= 4 is 33.1 Å². The number of nitrogens with one attached hydrogen (secondary N) is 1. The Balaban J connectivity index is 2.04. The van der Waals surface area contributed by atoms with Crippen LogP contribution >= 0.6 is 11.3 Å². The van der Waals surface area contributed by atoms with Gasteiger partial charge in [0.2, 0.25) is 5.69 Å². The van der Waals surface area contributed by atoms with E-state index in [1.807, 2.05) is 0 Å². The van der Waals surface area contributed by atoms with Crippen molar-refractivity contribution in [1.82, 2.24) is 0 Å². The van der Waals surface area contributed by atoms with Gasteiger partial charge in [0.1, 0.15) is 4.88 Å². The molecule has 122 valence electrons. The molecule has 1 aromatic carbocycles. The van der Waals surface area contributed by atoms with Crippen molar-refractivity contribution in [2.24, 2.45) is 5.73 Å². The molecule has 24 heavy (non-hydrogen) atoms. The largest absolute Gasteiger partial charge is 0.397 e. The number of rotatable bonds is 2. The summed E-state index contributed by atoms with van der Waals surface area (Å²) in [5.41, 5.74) is 18.5. The van der Waals surface area contributed by atoms with Crippen molar-refractivity contribution in [3.8, 4) is 11.3 Å². The third-order valence-electron chi connectivity index (χ3n) is 4.82. The van der Waals surface area contributed by atoms with E-state index < -0.39 is 5.91 Å². The van der Waals surface area contributed by atoms with Gasteiger partial charge in [0, 0.05) is 11.1 Å². The molecule has 4 nitrogen and oxygen atoms in total. The molecule has 3 aromatic rings. The molecule has 0 unspecified atom stereocenters. The summed E-state index contributed by atoms with van der Waals surface area (Å²) in [6, 6.07) is 8.54. The molecule has 5 N–H and O–H groups in total. The molecule has 2 heterocycles. The van der Waals surface area contributed by atoms with Gasteiger partial charge in [-0.3, -0.25) is 4.79 Å². The lowest BCUT2D eigenvalue weighted by atomic mass is 9.87. The summed E-state index contributed by atoms with van der Waals surface area (Å²) in [6.45, 7) is 2.09. The van der Waals surface area contributed by atoms with E-state index in [1.165, 1.54) is 40.0 Å². The zero-order valence-electron chi connectivity index (χ0n) is 13.6. The Bertz CT molecular complexity index is 957. The van der Waals surface area contributed by atoms with Crippen molar-refractivity contribution in [3.63, 3.8) is 0 Å². The summed E-state index contributed by atoms with van der Waals surface area (Å²) in [5, 5.41) is 0.999. The average molecular weight is 338 g/mol. The SMILES string of the molecule is Cc1ccc(-c2[nH+]c3sc(C(N)=O)c(N)c3c3c2CCCC3)cc1. The maximum atomic E-state index is 11.7. The number of nitrogen functional groups attached to an aromatic ring is 1. The van der Waals surface area contributed by atoms with E-state index in [0.29, 0.717) is 10.6 Å². The van der Waals surface area contributed by atoms with Gasteiger partial charge in [0.05, 0.1) is 11.1 Å². The number of nitrogens with two attached hydrogens (primary N) is 2. The molecule has 0 radical (unpaired) electrons. The van der Waals surface area contributed by atoms with Crippen LogP contribution in [0.5, 0.6) is 0 Å². The number of aryl methyl sites for hydroxylation is 2. The molecule has 1 aliphatic carbocycles. The van der Waals surface area contributed by atoms with Gasteiger partial charge in [-0.1, -0.05) is 29.0 Å². The van der Waals surface area contributed by atoms with Crippen LogP contribution in [0.4, 0.5) is 5.69 Å². The molecular weight excluding hydrogens is 318 g/mol. The van der Waals surface area contributed by atoms with Crippen LogP contribution in [0.15, 0.2) is 24.3 Å². The van der Waals surface area contributed by atoms with E-state index >= 15 is 0 Å². The molecule has 4 rings (SSSR count). The molecule has 0 aliphatic heterocycles. The minimum Gasteiger partial charge on any atom is -0.397 e. The van der Waals surface area contributed by atoms with Crippen molar-refractivity contribution in [3.05, 3.63) is 45.8 Å². The number of pyridine rings is 1. The van der Waals surface area contributed by atoms with Gasteiger partial charge in [-0.05, 0) is 50.3 Å². The number of hydrogen-bond donors (Lipinski definition) is 2. The quantitative estimate of drug-likeness (QED) is 0.752. The Morgan fingerprint density at radius 3 is 2.46 bits per heavy atom. The number of amides is 1. The van der Waals surface area contributed by atoms with E-state index in [-0.39, 0.29) is 0 Å². The summed E-state index contributed by atoms with van der Waals surface area (Å²) < 4.78 is 0. The average Bonchev–Trinajstić information content (AvgIpc) is 2.92. The molecular formula is C19H20N3OS+. The number of carbonyl (C=O) groups is 1. The molecule has 0 spiro atoms. The first-order chi connectivity index (χ1) is 11.6. The summed E-state index contributed by atoms with van der Waals surface area (Å²) >= 11 is 1.36. The Kier molecular flexibility index (Phi) is 3.53. The summed E-state index contributed by atoms with van der Waals surface area (Å²) in [5.74, 6) is -0.455. The second-order valence-electron chi connectivity index (χ2n) is 6.44. The maximum Gasteiger partial charge on any atom is 0.270 e. The van der Waals surface area contributed by atoms with Crippen LogP contribution in [0.25, 0.3) is 21.5 Å². The zero-order valence-corrected chi connectivity index (χ0v) is 14.4. The molecule has 0 fully saturated rings. The Morgan fingerprint density at radius 2 is 1.79 bits per heavy atom. The fourth-order valence-corrected chi connectivity index (χ4v) is 4.63. The number of H-pyrrole nitrogens is 1. The normalized spacial score (nSPS) is 13.9. The number of primary amides is 1.